The summed E-state index contributed by atoms with van der Waals surface area (Å²) in [7, 11) is 0.818. The molecule has 0 saturated carbocycles. The van der Waals surface area contributed by atoms with Crippen LogP contribution in [0.2, 0.25) is 0 Å². The molecule has 0 aromatic heterocycles. The van der Waals surface area contributed by atoms with Crippen molar-refractivity contribution in [1.29, 1.82) is 0 Å². The van der Waals surface area contributed by atoms with Gasteiger partial charge in [0.05, 0.1) is 5.60 Å². The number of methoxy groups -OCH3 is 1. The van der Waals surface area contributed by atoms with Gasteiger partial charge in [-0.15, -0.1) is 0 Å². The molecule has 1 atom stereocenters. The van der Waals surface area contributed by atoms with Gasteiger partial charge < -0.3 is 4.74 Å². The van der Waals surface area contributed by atoms with E-state index in [2.05, 4.69) is 4.74 Å². The number of benzene rings is 1. The van der Waals surface area contributed by atoms with Crippen LogP contribution in [0.1, 0.15) is 18.9 Å². The summed E-state index contributed by atoms with van der Waals surface area (Å²) in [5, 5.41) is 0. The first-order chi connectivity index (χ1) is 9.77. The molecule has 1 aromatic rings. The summed E-state index contributed by atoms with van der Waals surface area (Å²) >= 11 is 0. The molecule has 0 saturated heterocycles. The van der Waals surface area contributed by atoms with Gasteiger partial charge in [0.2, 0.25) is 0 Å². The molecular formula is C13H12F8O. The lowest BCUT2D eigenvalue weighted by Crippen LogP contribution is -2.56. The van der Waals surface area contributed by atoms with Crippen molar-refractivity contribution in [2.75, 3.05) is 7.11 Å². The first-order valence-electron chi connectivity index (χ1n) is 5.90. The van der Waals surface area contributed by atoms with E-state index in [9.17, 15) is 35.1 Å². The summed E-state index contributed by atoms with van der Waals surface area (Å²) in [6, 6.07) is 3.76. The second-order valence-corrected chi connectivity index (χ2v) is 4.92. The Balaban J connectivity index is 3.36. The zero-order chi connectivity index (χ0) is 17.4. The van der Waals surface area contributed by atoms with Crippen molar-refractivity contribution in [3.63, 3.8) is 0 Å². The predicted octanol–water partition coefficient (Wildman–Crippen LogP) is 4.91. The summed E-state index contributed by atoms with van der Waals surface area (Å²) in [5.74, 6) is -0.899. The molecule has 0 aliphatic rings. The summed E-state index contributed by atoms with van der Waals surface area (Å²) in [6.07, 6.45) is -14.5. The first kappa shape index (κ1) is 18.7. The van der Waals surface area contributed by atoms with Gasteiger partial charge in [0.1, 0.15) is 5.82 Å². The Labute approximate surface area is 120 Å². The topological polar surface area (TPSA) is 9.23 Å². The zero-order valence-electron chi connectivity index (χ0n) is 11.4. The molecule has 0 bridgehead atoms. The fourth-order valence-electron chi connectivity index (χ4n) is 1.94. The van der Waals surface area contributed by atoms with Crippen molar-refractivity contribution in [2.24, 2.45) is 0 Å². The molecule has 0 radical (unpaired) electrons. The lowest BCUT2D eigenvalue weighted by molar-refractivity contribution is -0.353. The molecular weight excluding hydrogens is 324 g/mol. The van der Waals surface area contributed by atoms with Crippen LogP contribution in [-0.2, 0) is 10.3 Å². The van der Waals surface area contributed by atoms with Gasteiger partial charge in [-0.2, -0.15) is 26.3 Å². The van der Waals surface area contributed by atoms with Gasteiger partial charge in [-0.3, -0.25) is 0 Å². The SMILES string of the molecule is COC(C)(CC(F)(C(F)(F)F)C(F)(F)F)c1cccc(F)c1. The Bertz CT molecular complexity index is 508. The van der Waals surface area contributed by atoms with Gasteiger partial charge in [-0.05, 0) is 24.6 Å². The Morgan fingerprint density at radius 1 is 0.955 bits per heavy atom. The Hall–Kier alpha value is -1.38. The quantitative estimate of drug-likeness (QED) is 0.710. The van der Waals surface area contributed by atoms with E-state index in [0.29, 0.717) is 6.07 Å². The van der Waals surface area contributed by atoms with Gasteiger partial charge in [0.15, 0.2) is 0 Å². The van der Waals surface area contributed by atoms with Crippen LogP contribution in [0.25, 0.3) is 0 Å². The number of halogens is 8. The van der Waals surface area contributed by atoms with Crippen LogP contribution >= 0.6 is 0 Å². The fraction of sp³-hybridized carbons (Fsp3) is 0.538. The molecule has 9 heteroatoms. The molecule has 22 heavy (non-hydrogen) atoms. The van der Waals surface area contributed by atoms with E-state index in [-0.39, 0.29) is 5.56 Å². The van der Waals surface area contributed by atoms with Gasteiger partial charge >= 0.3 is 18.0 Å². The maximum Gasteiger partial charge on any atom is 0.431 e. The number of hydrogen-bond donors (Lipinski definition) is 0. The molecule has 0 spiro atoms. The van der Waals surface area contributed by atoms with E-state index in [4.69, 9.17) is 0 Å². The van der Waals surface area contributed by atoms with Gasteiger partial charge in [0, 0.05) is 13.5 Å². The standard InChI is InChI=1S/C13H12F8O/c1-10(22-2,8-4-3-5-9(14)6-8)7-11(15,12(16,17)18)13(19,20)21/h3-6H,7H2,1-2H3. The van der Waals surface area contributed by atoms with Gasteiger partial charge in [-0.1, -0.05) is 12.1 Å². The van der Waals surface area contributed by atoms with Crippen molar-refractivity contribution >= 4 is 0 Å². The average Bonchev–Trinajstić information content (AvgIpc) is 2.35. The van der Waals surface area contributed by atoms with E-state index >= 15 is 0 Å². The van der Waals surface area contributed by atoms with E-state index < -0.39 is 35.9 Å². The van der Waals surface area contributed by atoms with Crippen LogP contribution in [0.4, 0.5) is 35.1 Å². The van der Waals surface area contributed by atoms with E-state index in [1.54, 1.807) is 0 Å². The van der Waals surface area contributed by atoms with Crippen LogP contribution in [0.3, 0.4) is 0 Å². The molecule has 0 N–H and O–H groups in total. The van der Waals surface area contributed by atoms with Crippen molar-refractivity contribution in [3.8, 4) is 0 Å². The molecule has 1 aromatic carbocycles. The van der Waals surface area contributed by atoms with Crippen LogP contribution in [0.15, 0.2) is 24.3 Å². The minimum Gasteiger partial charge on any atom is -0.374 e. The summed E-state index contributed by atoms with van der Waals surface area (Å²) in [4.78, 5) is 0. The average molecular weight is 336 g/mol. The Morgan fingerprint density at radius 2 is 1.45 bits per heavy atom. The molecule has 0 heterocycles. The van der Waals surface area contributed by atoms with E-state index in [0.717, 1.165) is 32.2 Å². The Kier molecular flexibility index (Phi) is 4.82. The third kappa shape index (κ3) is 3.34. The van der Waals surface area contributed by atoms with Crippen molar-refractivity contribution in [3.05, 3.63) is 35.6 Å². The lowest BCUT2D eigenvalue weighted by Gasteiger charge is -2.38. The van der Waals surface area contributed by atoms with Crippen LogP contribution in [0, 0.1) is 5.82 Å². The van der Waals surface area contributed by atoms with Crippen LogP contribution < -0.4 is 0 Å². The van der Waals surface area contributed by atoms with Crippen LogP contribution in [-0.4, -0.2) is 25.1 Å². The third-order valence-corrected chi connectivity index (χ3v) is 3.37. The second-order valence-electron chi connectivity index (χ2n) is 4.92. The maximum absolute atomic E-state index is 13.9. The minimum atomic E-state index is -6.20. The molecule has 1 unspecified atom stereocenters. The van der Waals surface area contributed by atoms with Crippen molar-refractivity contribution in [1.82, 2.24) is 0 Å². The largest absolute Gasteiger partial charge is 0.431 e. The highest BCUT2D eigenvalue weighted by molar-refractivity contribution is 5.24. The molecule has 0 aliphatic carbocycles. The predicted molar refractivity (Wildman–Crippen MR) is 61.3 cm³/mol. The van der Waals surface area contributed by atoms with Gasteiger partial charge in [-0.25, -0.2) is 8.78 Å². The molecule has 1 rings (SSSR count). The lowest BCUT2D eigenvalue weighted by atomic mass is 9.83. The molecule has 0 aliphatic heterocycles. The molecule has 0 amide bonds. The molecule has 126 valence electrons. The zero-order valence-corrected chi connectivity index (χ0v) is 11.4. The second kappa shape index (κ2) is 5.68. The smallest absolute Gasteiger partial charge is 0.374 e. The van der Waals surface area contributed by atoms with Crippen molar-refractivity contribution in [2.45, 2.75) is 37.0 Å². The number of hydrogen-bond acceptors (Lipinski definition) is 1. The van der Waals surface area contributed by atoms with Gasteiger partial charge in [0.25, 0.3) is 0 Å². The first-order valence-corrected chi connectivity index (χ1v) is 5.90. The van der Waals surface area contributed by atoms with Crippen LogP contribution in [0.5, 0.6) is 0 Å². The van der Waals surface area contributed by atoms with E-state index in [1.165, 1.54) is 0 Å². The maximum atomic E-state index is 13.9. The summed E-state index contributed by atoms with van der Waals surface area (Å²) in [5.41, 5.74) is -8.16. The highest BCUT2D eigenvalue weighted by Gasteiger charge is 2.74. The highest BCUT2D eigenvalue weighted by atomic mass is 19.4. The Morgan fingerprint density at radius 3 is 1.82 bits per heavy atom. The summed E-state index contributed by atoms with van der Waals surface area (Å²) in [6.45, 7) is 0.827. The monoisotopic (exact) mass is 336 g/mol. The molecule has 1 nitrogen and oxygen atoms in total. The molecule has 0 fully saturated rings. The number of ether oxygens (including phenoxy) is 1. The van der Waals surface area contributed by atoms with E-state index in [1.807, 2.05) is 0 Å². The van der Waals surface area contributed by atoms with Crippen molar-refractivity contribution < 1.29 is 39.9 Å². The number of alkyl halides is 7. The number of rotatable bonds is 4. The fourth-order valence-corrected chi connectivity index (χ4v) is 1.94. The highest BCUT2D eigenvalue weighted by Crippen LogP contribution is 2.52. The third-order valence-electron chi connectivity index (χ3n) is 3.37. The minimum absolute atomic E-state index is 0.342. The normalized spacial score (nSPS) is 16.5. The summed E-state index contributed by atoms with van der Waals surface area (Å²) < 4.78 is 107.